The molecular formula is C13H13FN2O. The summed E-state index contributed by atoms with van der Waals surface area (Å²) in [5.41, 5.74) is 1.16. The molecule has 1 heterocycles. The van der Waals surface area contributed by atoms with Crippen LogP contribution in [0.5, 0.6) is 0 Å². The molecule has 0 aliphatic rings. The first-order valence-corrected chi connectivity index (χ1v) is 5.42. The van der Waals surface area contributed by atoms with Crippen molar-refractivity contribution >= 4 is 6.29 Å². The van der Waals surface area contributed by atoms with Crippen molar-refractivity contribution < 1.29 is 9.18 Å². The minimum absolute atomic E-state index is 0.134. The fraction of sp³-hybridized carbons (Fsp3) is 0.231. The number of rotatable bonds is 3. The molecule has 1 aromatic heterocycles. The van der Waals surface area contributed by atoms with E-state index >= 15 is 0 Å². The second kappa shape index (κ2) is 4.49. The molecular weight excluding hydrogens is 219 g/mol. The third kappa shape index (κ3) is 2.11. The van der Waals surface area contributed by atoms with E-state index in [1.54, 1.807) is 29.1 Å². The smallest absolute Gasteiger partial charge is 0.153 e. The van der Waals surface area contributed by atoms with Crippen molar-refractivity contribution in [3.8, 4) is 11.3 Å². The summed E-state index contributed by atoms with van der Waals surface area (Å²) in [6, 6.07) is 6.45. The SMILES string of the molecule is CC(C)n1cc(C=O)c(-c2ccccc2F)n1. The quantitative estimate of drug-likeness (QED) is 0.762. The number of hydrogen-bond acceptors (Lipinski definition) is 2. The van der Waals surface area contributed by atoms with Crippen LogP contribution in [0.1, 0.15) is 30.2 Å². The lowest BCUT2D eigenvalue weighted by Crippen LogP contribution is -2.00. The molecule has 1 aromatic carbocycles. The van der Waals surface area contributed by atoms with Crippen LogP contribution in [0, 0.1) is 5.82 Å². The number of halogens is 1. The van der Waals surface area contributed by atoms with Crippen molar-refractivity contribution in [2.75, 3.05) is 0 Å². The van der Waals surface area contributed by atoms with Gasteiger partial charge in [0.15, 0.2) is 6.29 Å². The molecule has 0 unspecified atom stereocenters. The summed E-state index contributed by atoms with van der Waals surface area (Å²) in [5.74, 6) is -0.371. The van der Waals surface area contributed by atoms with Gasteiger partial charge in [-0.1, -0.05) is 12.1 Å². The molecule has 0 amide bonds. The van der Waals surface area contributed by atoms with Gasteiger partial charge >= 0.3 is 0 Å². The Kier molecular flexibility index (Phi) is 3.04. The first-order chi connectivity index (χ1) is 8.13. The normalized spacial score (nSPS) is 10.8. The molecule has 0 spiro atoms. The molecule has 0 aliphatic heterocycles. The Morgan fingerprint density at radius 2 is 2.06 bits per heavy atom. The van der Waals surface area contributed by atoms with E-state index in [0.717, 1.165) is 0 Å². The maximum Gasteiger partial charge on any atom is 0.153 e. The number of hydrogen-bond donors (Lipinski definition) is 0. The predicted octanol–water partition coefficient (Wildman–Crippen LogP) is 3.08. The summed E-state index contributed by atoms with van der Waals surface area (Å²) >= 11 is 0. The first-order valence-electron chi connectivity index (χ1n) is 5.42. The number of aromatic nitrogens is 2. The minimum Gasteiger partial charge on any atom is -0.298 e. The van der Waals surface area contributed by atoms with Crippen LogP contribution in [-0.2, 0) is 0 Å². The van der Waals surface area contributed by atoms with E-state index in [2.05, 4.69) is 5.10 Å². The molecule has 88 valence electrons. The summed E-state index contributed by atoms with van der Waals surface area (Å²) in [6.45, 7) is 3.90. The standard InChI is InChI=1S/C13H13FN2O/c1-9(2)16-7-10(8-17)13(15-16)11-5-3-4-6-12(11)14/h3-9H,1-2H3. The monoisotopic (exact) mass is 232 g/mol. The Morgan fingerprint density at radius 1 is 1.35 bits per heavy atom. The van der Waals surface area contributed by atoms with Crippen molar-refractivity contribution in [3.63, 3.8) is 0 Å². The molecule has 0 saturated carbocycles. The highest BCUT2D eigenvalue weighted by molar-refractivity contribution is 5.85. The molecule has 0 atom stereocenters. The Bertz CT molecular complexity index is 546. The fourth-order valence-corrected chi connectivity index (χ4v) is 1.62. The summed E-state index contributed by atoms with van der Waals surface area (Å²) in [4.78, 5) is 11.0. The predicted molar refractivity (Wildman–Crippen MR) is 63.4 cm³/mol. The van der Waals surface area contributed by atoms with E-state index in [-0.39, 0.29) is 11.9 Å². The van der Waals surface area contributed by atoms with Gasteiger partial charge in [-0.25, -0.2) is 4.39 Å². The van der Waals surface area contributed by atoms with Gasteiger partial charge in [0.2, 0.25) is 0 Å². The molecule has 0 radical (unpaired) electrons. The highest BCUT2D eigenvalue weighted by Crippen LogP contribution is 2.24. The third-order valence-corrected chi connectivity index (χ3v) is 2.55. The van der Waals surface area contributed by atoms with Crippen LogP contribution in [0.4, 0.5) is 4.39 Å². The van der Waals surface area contributed by atoms with Gasteiger partial charge in [0.25, 0.3) is 0 Å². The average molecular weight is 232 g/mol. The summed E-state index contributed by atoms with van der Waals surface area (Å²) in [7, 11) is 0. The van der Waals surface area contributed by atoms with E-state index in [9.17, 15) is 9.18 Å². The van der Waals surface area contributed by atoms with Gasteiger partial charge in [-0.05, 0) is 26.0 Å². The zero-order valence-corrected chi connectivity index (χ0v) is 9.72. The Labute approximate surface area is 98.9 Å². The first kappa shape index (κ1) is 11.5. The molecule has 0 aliphatic carbocycles. The average Bonchev–Trinajstić information content (AvgIpc) is 2.73. The van der Waals surface area contributed by atoms with Gasteiger partial charge in [-0.15, -0.1) is 0 Å². The van der Waals surface area contributed by atoms with E-state index in [4.69, 9.17) is 0 Å². The third-order valence-electron chi connectivity index (χ3n) is 2.55. The minimum atomic E-state index is -0.371. The van der Waals surface area contributed by atoms with Crippen LogP contribution in [0.3, 0.4) is 0 Å². The van der Waals surface area contributed by atoms with E-state index in [1.165, 1.54) is 6.07 Å². The van der Waals surface area contributed by atoms with Gasteiger partial charge in [0.1, 0.15) is 11.5 Å². The second-order valence-corrected chi connectivity index (χ2v) is 4.10. The van der Waals surface area contributed by atoms with Crippen LogP contribution >= 0.6 is 0 Å². The highest BCUT2D eigenvalue weighted by Gasteiger charge is 2.14. The number of aldehydes is 1. The zero-order valence-electron chi connectivity index (χ0n) is 9.72. The van der Waals surface area contributed by atoms with Gasteiger partial charge < -0.3 is 0 Å². The van der Waals surface area contributed by atoms with Crippen LogP contribution in [-0.4, -0.2) is 16.1 Å². The highest BCUT2D eigenvalue weighted by atomic mass is 19.1. The van der Waals surface area contributed by atoms with Crippen molar-refractivity contribution in [1.29, 1.82) is 0 Å². The molecule has 0 saturated heterocycles. The van der Waals surface area contributed by atoms with E-state index < -0.39 is 0 Å². The van der Waals surface area contributed by atoms with Crippen LogP contribution in [0.25, 0.3) is 11.3 Å². The van der Waals surface area contributed by atoms with Crippen LogP contribution < -0.4 is 0 Å². The second-order valence-electron chi connectivity index (χ2n) is 4.10. The molecule has 4 heteroatoms. The van der Waals surface area contributed by atoms with Crippen molar-refractivity contribution in [3.05, 3.63) is 41.8 Å². The van der Waals surface area contributed by atoms with E-state index in [0.29, 0.717) is 23.1 Å². The largest absolute Gasteiger partial charge is 0.298 e. The Morgan fingerprint density at radius 3 is 2.65 bits per heavy atom. The Hall–Kier alpha value is -1.97. The number of nitrogens with zero attached hydrogens (tertiary/aromatic N) is 2. The molecule has 3 nitrogen and oxygen atoms in total. The van der Waals surface area contributed by atoms with Gasteiger partial charge in [0.05, 0.1) is 5.56 Å². The fourth-order valence-electron chi connectivity index (χ4n) is 1.62. The van der Waals surface area contributed by atoms with Crippen molar-refractivity contribution in [2.24, 2.45) is 0 Å². The van der Waals surface area contributed by atoms with E-state index in [1.807, 2.05) is 13.8 Å². The lowest BCUT2D eigenvalue weighted by atomic mass is 10.1. The number of carbonyl (C=O) groups excluding carboxylic acids is 1. The lowest BCUT2D eigenvalue weighted by molar-refractivity contribution is 0.112. The molecule has 2 aromatic rings. The Balaban J connectivity index is 2.59. The van der Waals surface area contributed by atoms with Crippen LogP contribution in [0.2, 0.25) is 0 Å². The summed E-state index contributed by atoms with van der Waals surface area (Å²) in [6.07, 6.45) is 2.34. The van der Waals surface area contributed by atoms with Gasteiger partial charge in [-0.2, -0.15) is 5.10 Å². The summed E-state index contributed by atoms with van der Waals surface area (Å²) in [5, 5.41) is 4.26. The molecule has 0 N–H and O–H groups in total. The van der Waals surface area contributed by atoms with Gasteiger partial charge in [0, 0.05) is 17.8 Å². The molecule has 0 bridgehead atoms. The molecule has 2 rings (SSSR count). The van der Waals surface area contributed by atoms with Gasteiger partial charge in [-0.3, -0.25) is 9.48 Å². The molecule has 0 fully saturated rings. The summed E-state index contributed by atoms with van der Waals surface area (Å²) < 4.78 is 15.3. The van der Waals surface area contributed by atoms with Crippen molar-refractivity contribution in [2.45, 2.75) is 19.9 Å². The topological polar surface area (TPSA) is 34.9 Å². The molecule has 17 heavy (non-hydrogen) atoms. The maximum atomic E-state index is 13.6. The maximum absolute atomic E-state index is 13.6. The van der Waals surface area contributed by atoms with Crippen LogP contribution in [0.15, 0.2) is 30.5 Å². The van der Waals surface area contributed by atoms with Crippen molar-refractivity contribution in [1.82, 2.24) is 9.78 Å². The zero-order chi connectivity index (χ0) is 12.4. The lowest BCUT2D eigenvalue weighted by Gasteiger charge is -2.03. The number of benzene rings is 1. The number of carbonyl (C=O) groups is 1.